The first-order valence-corrected chi connectivity index (χ1v) is 8.10. The van der Waals surface area contributed by atoms with Crippen LogP contribution in [0.5, 0.6) is 0 Å². The van der Waals surface area contributed by atoms with Gasteiger partial charge in [0.05, 0.1) is 21.2 Å². The van der Waals surface area contributed by atoms with Crippen molar-refractivity contribution < 1.29 is 9.72 Å². The van der Waals surface area contributed by atoms with Crippen molar-refractivity contribution in [3.05, 3.63) is 75.1 Å². The minimum absolute atomic E-state index is 0.0278. The number of benzene rings is 2. The van der Waals surface area contributed by atoms with Gasteiger partial charge in [-0.2, -0.15) is 5.10 Å². The van der Waals surface area contributed by atoms with Crippen molar-refractivity contribution in [2.24, 2.45) is 7.05 Å². The molecule has 0 fully saturated rings. The summed E-state index contributed by atoms with van der Waals surface area (Å²) in [5.74, 6) is -0.419. The van der Waals surface area contributed by atoms with Crippen molar-refractivity contribution in [2.45, 2.75) is 6.92 Å². The molecule has 1 N–H and O–H groups in total. The molecular weight excluding hydrogens is 356 g/mol. The maximum atomic E-state index is 12.3. The molecule has 1 heterocycles. The smallest absolute Gasteiger partial charge is 0.277 e. The molecule has 7 nitrogen and oxygen atoms in total. The van der Waals surface area contributed by atoms with E-state index in [1.165, 1.54) is 10.7 Å². The van der Waals surface area contributed by atoms with Gasteiger partial charge in [0.2, 0.25) is 0 Å². The van der Waals surface area contributed by atoms with E-state index < -0.39 is 10.8 Å². The molecule has 26 heavy (non-hydrogen) atoms. The highest BCUT2D eigenvalue weighted by atomic mass is 35.5. The Bertz CT molecular complexity index is 996. The molecular formula is C18H15ClN4O3. The van der Waals surface area contributed by atoms with E-state index in [9.17, 15) is 14.9 Å². The number of carbonyl (C=O) groups is 1. The normalized spacial score (nSPS) is 10.6. The van der Waals surface area contributed by atoms with Crippen LogP contribution in [0.1, 0.15) is 16.2 Å². The van der Waals surface area contributed by atoms with E-state index in [1.54, 1.807) is 56.4 Å². The number of nitrogens with one attached hydrogen (secondary N) is 1. The van der Waals surface area contributed by atoms with E-state index in [1.807, 2.05) is 0 Å². The molecule has 8 heteroatoms. The molecule has 0 unspecified atom stereocenters. The van der Waals surface area contributed by atoms with E-state index >= 15 is 0 Å². The molecule has 0 saturated heterocycles. The Morgan fingerprint density at radius 3 is 2.42 bits per heavy atom. The van der Waals surface area contributed by atoms with Crippen LogP contribution in [0.25, 0.3) is 11.1 Å². The molecule has 0 radical (unpaired) electrons. The van der Waals surface area contributed by atoms with Gasteiger partial charge in [-0.05, 0) is 30.7 Å². The SMILES string of the molecule is Cc1c(Cl)c(C(=O)Nc2ccc(-c3ccccc3[N+](=O)[O-])cc2)nn1C. The summed E-state index contributed by atoms with van der Waals surface area (Å²) in [6.07, 6.45) is 0. The van der Waals surface area contributed by atoms with Gasteiger partial charge in [-0.15, -0.1) is 0 Å². The van der Waals surface area contributed by atoms with Gasteiger partial charge in [-0.1, -0.05) is 35.9 Å². The molecule has 0 bridgehead atoms. The van der Waals surface area contributed by atoms with E-state index in [2.05, 4.69) is 10.4 Å². The molecule has 2 aromatic carbocycles. The molecule has 0 spiro atoms. The highest BCUT2D eigenvalue weighted by molar-refractivity contribution is 6.34. The molecule has 0 atom stereocenters. The van der Waals surface area contributed by atoms with Crippen molar-refractivity contribution in [2.75, 3.05) is 5.32 Å². The summed E-state index contributed by atoms with van der Waals surface area (Å²) < 4.78 is 1.54. The molecule has 132 valence electrons. The van der Waals surface area contributed by atoms with Crippen molar-refractivity contribution >= 4 is 28.9 Å². The number of nitro groups is 1. The van der Waals surface area contributed by atoms with Crippen LogP contribution >= 0.6 is 11.6 Å². The molecule has 0 aliphatic rings. The number of carbonyl (C=O) groups excluding carboxylic acids is 1. The zero-order valence-corrected chi connectivity index (χ0v) is 14.8. The Morgan fingerprint density at radius 2 is 1.85 bits per heavy atom. The van der Waals surface area contributed by atoms with Gasteiger partial charge in [0.15, 0.2) is 5.69 Å². The third kappa shape index (κ3) is 3.29. The fourth-order valence-electron chi connectivity index (χ4n) is 2.53. The second kappa shape index (κ2) is 6.97. The molecule has 1 amide bonds. The lowest BCUT2D eigenvalue weighted by atomic mass is 10.0. The second-order valence-electron chi connectivity index (χ2n) is 5.68. The van der Waals surface area contributed by atoms with Gasteiger partial charge >= 0.3 is 0 Å². The van der Waals surface area contributed by atoms with Crippen LogP contribution in [-0.4, -0.2) is 20.6 Å². The third-order valence-corrected chi connectivity index (χ3v) is 4.48. The topological polar surface area (TPSA) is 90.1 Å². The van der Waals surface area contributed by atoms with Gasteiger partial charge in [-0.25, -0.2) is 0 Å². The van der Waals surface area contributed by atoms with Gasteiger partial charge in [0.1, 0.15) is 0 Å². The number of amides is 1. The van der Waals surface area contributed by atoms with E-state index in [-0.39, 0.29) is 11.4 Å². The van der Waals surface area contributed by atoms with Gasteiger partial charge in [0.25, 0.3) is 11.6 Å². The number of aromatic nitrogens is 2. The summed E-state index contributed by atoms with van der Waals surface area (Å²) in [5.41, 5.74) is 2.61. The first-order valence-electron chi connectivity index (χ1n) is 7.73. The van der Waals surface area contributed by atoms with Crippen LogP contribution in [0, 0.1) is 17.0 Å². The van der Waals surface area contributed by atoms with Gasteiger partial charge in [-0.3, -0.25) is 19.6 Å². The first kappa shape index (κ1) is 17.6. The monoisotopic (exact) mass is 370 g/mol. The van der Waals surface area contributed by atoms with Crippen molar-refractivity contribution in [3.8, 4) is 11.1 Å². The standard InChI is InChI=1S/C18H15ClN4O3/c1-11-16(19)17(21-22(11)2)18(24)20-13-9-7-12(8-10-13)14-5-3-4-6-15(14)23(25)26/h3-10H,1-2H3,(H,20,24). The summed E-state index contributed by atoms with van der Waals surface area (Å²) >= 11 is 6.12. The Morgan fingerprint density at radius 1 is 1.19 bits per heavy atom. The summed E-state index contributed by atoms with van der Waals surface area (Å²) in [6.45, 7) is 1.77. The van der Waals surface area contributed by atoms with Crippen molar-refractivity contribution in [3.63, 3.8) is 0 Å². The summed E-state index contributed by atoms with van der Waals surface area (Å²) in [7, 11) is 1.71. The minimum atomic E-state index is -0.420. The van der Waals surface area contributed by atoms with Crippen LogP contribution in [0.3, 0.4) is 0 Å². The van der Waals surface area contributed by atoms with Crippen LogP contribution in [0.15, 0.2) is 48.5 Å². The molecule has 3 aromatic rings. The number of para-hydroxylation sites is 1. The van der Waals surface area contributed by atoms with E-state index in [0.717, 1.165) is 0 Å². The predicted molar refractivity (Wildman–Crippen MR) is 99.4 cm³/mol. The van der Waals surface area contributed by atoms with Gasteiger partial charge in [0, 0.05) is 18.8 Å². The summed E-state index contributed by atoms with van der Waals surface area (Å²) in [4.78, 5) is 23.1. The van der Waals surface area contributed by atoms with Gasteiger partial charge < -0.3 is 5.32 Å². The number of hydrogen-bond donors (Lipinski definition) is 1. The highest BCUT2D eigenvalue weighted by Crippen LogP contribution is 2.30. The molecule has 0 aliphatic heterocycles. The predicted octanol–water partition coefficient (Wildman–Crippen LogP) is 4.21. The molecule has 0 aliphatic carbocycles. The maximum Gasteiger partial charge on any atom is 0.277 e. The van der Waals surface area contributed by atoms with E-state index in [4.69, 9.17) is 11.6 Å². The number of halogens is 1. The lowest BCUT2D eigenvalue weighted by Gasteiger charge is -2.06. The number of nitrogens with zero attached hydrogens (tertiary/aromatic N) is 3. The fourth-order valence-corrected chi connectivity index (χ4v) is 2.77. The van der Waals surface area contributed by atoms with Crippen molar-refractivity contribution in [1.82, 2.24) is 9.78 Å². The number of aryl methyl sites for hydroxylation is 1. The lowest BCUT2D eigenvalue weighted by molar-refractivity contribution is -0.384. The quantitative estimate of drug-likeness (QED) is 0.550. The van der Waals surface area contributed by atoms with E-state index in [0.29, 0.717) is 27.5 Å². The Balaban J connectivity index is 1.83. The highest BCUT2D eigenvalue weighted by Gasteiger charge is 2.18. The van der Waals surface area contributed by atoms with Crippen molar-refractivity contribution in [1.29, 1.82) is 0 Å². The number of rotatable bonds is 4. The third-order valence-electron chi connectivity index (χ3n) is 4.03. The Kier molecular flexibility index (Phi) is 4.73. The second-order valence-corrected chi connectivity index (χ2v) is 6.06. The fraction of sp³-hybridized carbons (Fsp3) is 0.111. The zero-order valence-electron chi connectivity index (χ0n) is 14.1. The number of hydrogen-bond acceptors (Lipinski definition) is 4. The zero-order chi connectivity index (χ0) is 18.8. The molecule has 3 rings (SSSR count). The average Bonchev–Trinajstić information content (AvgIpc) is 2.90. The maximum absolute atomic E-state index is 12.3. The number of anilines is 1. The Labute approximate surface area is 154 Å². The summed E-state index contributed by atoms with van der Waals surface area (Å²) in [6, 6.07) is 13.3. The number of nitro benzene ring substituents is 1. The largest absolute Gasteiger partial charge is 0.321 e. The minimum Gasteiger partial charge on any atom is -0.321 e. The molecule has 0 saturated carbocycles. The van der Waals surface area contributed by atoms with Crippen LogP contribution in [0.4, 0.5) is 11.4 Å². The van der Waals surface area contributed by atoms with Crippen LogP contribution in [0.2, 0.25) is 5.02 Å². The van der Waals surface area contributed by atoms with Crippen LogP contribution in [-0.2, 0) is 7.05 Å². The first-order chi connectivity index (χ1) is 12.4. The Hall–Kier alpha value is -3.19. The molecule has 1 aromatic heterocycles. The van der Waals surface area contributed by atoms with Crippen LogP contribution < -0.4 is 5.32 Å². The lowest BCUT2D eigenvalue weighted by Crippen LogP contribution is -2.13. The summed E-state index contributed by atoms with van der Waals surface area (Å²) in [5, 5.41) is 18.3. The average molecular weight is 371 g/mol.